The minimum absolute atomic E-state index is 0.101. The molecule has 6 heteroatoms. The molecule has 0 saturated heterocycles. The largest absolute Gasteiger partial charge is 0.480 e. The third-order valence-corrected chi connectivity index (χ3v) is 4.55. The number of hydrogen-bond acceptors (Lipinski definition) is 3. The molecular weight excluding hydrogens is 230 g/mol. The second kappa shape index (κ2) is 4.97. The summed E-state index contributed by atoms with van der Waals surface area (Å²) in [4.78, 5) is 10.7. The lowest BCUT2D eigenvalue weighted by atomic mass is 10.1. The zero-order valence-electron chi connectivity index (χ0n) is 10.1. The highest BCUT2D eigenvalue weighted by atomic mass is 32.2. The Hall–Kier alpha value is -0.880. The summed E-state index contributed by atoms with van der Waals surface area (Å²) >= 11 is 0. The molecule has 94 valence electrons. The van der Waals surface area contributed by atoms with Gasteiger partial charge in [-0.15, -0.1) is 6.58 Å². The van der Waals surface area contributed by atoms with Gasteiger partial charge in [-0.2, -0.15) is 4.31 Å². The van der Waals surface area contributed by atoms with Crippen molar-refractivity contribution in [2.45, 2.75) is 38.5 Å². The van der Waals surface area contributed by atoms with Crippen LogP contribution in [0.5, 0.6) is 0 Å². The second-order valence-electron chi connectivity index (χ2n) is 4.52. The Morgan fingerprint density at radius 1 is 1.50 bits per heavy atom. The summed E-state index contributed by atoms with van der Waals surface area (Å²) in [6, 6.07) is 0. The molecule has 5 nitrogen and oxygen atoms in total. The van der Waals surface area contributed by atoms with E-state index in [4.69, 9.17) is 5.11 Å². The smallest absolute Gasteiger partial charge is 0.323 e. The number of rotatable bonds is 5. The highest BCUT2D eigenvalue weighted by molar-refractivity contribution is 7.90. The molecule has 1 atom stereocenters. The van der Waals surface area contributed by atoms with E-state index < -0.39 is 26.8 Å². The van der Waals surface area contributed by atoms with Crippen LogP contribution in [0.15, 0.2) is 12.7 Å². The van der Waals surface area contributed by atoms with E-state index in [1.165, 1.54) is 13.0 Å². The molecule has 0 fully saturated rings. The Morgan fingerprint density at radius 2 is 1.94 bits per heavy atom. The van der Waals surface area contributed by atoms with Crippen LogP contribution in [0.1, 0.15) is 27.7 Å². The zero-order chi connectivity index (χ0) is 13.1. The lowest BCUT2D eigenvalue weighted by Crippen LogP contribution is -2.50. The average molecular weight is 249 g/mol. The monoisotopic (exact) mass is 249 g/mol. The summed E-state index contributed by atoms with van der Waals surface area (Å²) in [5, 5.41) is 7.32. The van der Waals surface area contributed by atoms with Crippen LogP contribution in [-0.4, -0.2) is 41.1 Å². The van der Waals surface area contributed by atoms with Crippen molar-refractivity contribution in [2.75, 3.05) is 6.54 Å². The molecule has 16 heavy (non-hydrogen) atoms. The first-order valence-corrected chi connectivity index (χ1v) is 6.40. The molecule has 0 heterocycles. The average Bonchev–Trinajstić information content (AvgIpc) is 2.10. The molecular formula is C10H19NO4S. The van der Waals surface area contributed by atoms with Crippen LogP contribution in [0.2, 0.25) is 0 Å². The SMILES string of the molecule is C=CCN(C(C)(C)C)S(=O)(=O)C(C)C(=O)O. The Balaban J connectivity index is 5.38. The lowest BCUT2D eigenvalue weighted by molar-refractivity contribution is -0.136. The Kier molecular flexibility index (Phi) is 4.69. The second-order valence-corrected chi connectivity index (χ2v) is 6.69. The first kappa shape index (κ1) is 15.1. The molecule has 0 radical (unpaired) electrons. The minimum atomic E-state index is -3.86. The van der Waals surface area contributed by atoms with Crippen LogP contribution in [0.25, 0.3) is 0 Å². The lowest BCUT2D eigenvalue weighted by Gasteiger charge is -2.34. The van der Waals surface area contributed by atoms with E-state index in [0.29, 0.717) is 0 Å². The van der Waals surface area contributed by atoms with E-state index >= 15 is 0 Å². The van der Waals surface area contributed by atoms with Gasteiger partial charge < -0.3 is 5.11 Å². The Morgan fingerprint density at radius 3 is 2.19 bits per heavy atom. The molecule has 0 saturated carbocycles. The number of carbonyl (C=O) groups is 1. The topological polar surface area (TPSA) is 74.7 Å². The van der Waals surface area contributed by atoms with Crippen molar-refractivity contribution in [3.05, 3.63) is 12.7 Å². The normalized spacial score (nSPS) is 14.8. The van der Waals surface area contributed by atoms with Gasteiger partial charge >= 0.3 is 5.97 Å². The van der Waals surface area contributed by atoms with E-state index in [0.717, 1.165) is 4.31 Å². The summed E-state index contributed by atoms with van der Waals surface area (Å²) in [7, 11) is -3.86. The number of aliphatic carboxylic acids is 1. The summed E-state index contributed by atoms with van der Waals surface area (Å²) in [5.74, 6) is -1.35. The summed E-state index contributed by atoms with van der Waals surface area (Å²) in [6.07, 6.45) is 1.44. The molecule has 0 amide bonds. The maximum atomic E-state index is 12.0. The quantitative estimate of drug-likeness (QED) is 0.740. The highest BCUT2D eigenvalue weighted by Crippen LogP contribution is 2.21. The Labute approximate surface area is 96.8 Å². The number of carboxylic acid groups (broad SMARTS) is 1. The van der Waals surface area contributed by atoms with E-state index in [1.807, 2.05) is 0 Å². The predicted molar refractivity (Wildman–Crippen MR) is 62.7 cm³/mol. The van der Waals surface area contributed by atoms with Crippen molar-refractivity contribution in [2.24, 2.45) is 0 Å². The molecule has 0 aromatic carbocycles. The molecule has 0 rings (SSSR count). The van der Waals surface area contributed by atoms with Crippen LogP contribution in [0.4, 0.5) is 0 Å². The third-order valence-electron chi connectivity index (χ3n) is 2.14. The first-order valence-electron chi connectivity index (χ1n) is 4.90. The van der Waals surface area contributed by atoms with Gasteiger partial charge in [0, 0.05) is 12.1 Å². The van der Waals surface area contributed by atoms with Gasteiger partial charge in [0.05, 0.1) is 0 Å². The van der Waals surface area contributed by atoms with Crippen molar-refractivity contribution in [3.63, 3.8) is 0 Å². The standard InChI is InChI=1S/C10H19NO4S/c1-6-7-11(10(3,4)5)16(14,15)8(2)9(12)13/h6,8H,1,7H2,2-5H3,(H,12,13). The van der Waals surface area contributed by atoms with Crippen LogP contribution in [0.3, 0.4) is 0 Å². The van der Waals surface area contributed by atoms with E-state index in [-0.39, 0.29) is 6.54 Å². The molecule has 0 aromatic heterocycles. The fourth-order valence-corrected chi connectivity index (χ4v) is 2.91. The van der Waals surface area contributed by atoms with E-state index in [9.17, 15) is 13.2 Å². The van der Waals surface area contributed by atoms with Gasteiger partial charge in [-0.3, -0.25) is 4.79 Å². The van der Waals surface area contributed by atoms with Crippen molar-refractivity contribution >= 4 is 16.0 Å². The number of nitrogens with zero attached hydrogens (tertiary/aromatic N) is 1. The van der Waals surface area contributed by atoms with Crippen LogP contribution in [0, 0.1) is 0 Å². The van der Waals surface area contributed by atoms with Gasteiger partial charge in [-0.1, -0.05) is 6.08 Å². The van der Waals surface area contributed by atoms with Crippen LogP contribution < -0.4 is 0 Å². The molecule has 1 unspecified atom stereocenters. The fourth-order valence-electron chi connectivity index (χ4n) is 1.19. The minimum Gasteiger partial charge on any atom is -0.480 e. The fraction of sp³-hybridized carbons (Fsp3) is 0.700. The van der Waals surface area contributed by atoms with Crippen molar-refractivity contribution in [1.82, 2.24) is 4.31 Å². The van der Waals surface area contributed by atoms with Gasteiger partial charge in [0.1, 0.15) is 0 Å². The Bertz CT molecular complexity index is 367. The van der Waals surface area contributed by atoms with Crippen molar-refractivity contribution in [1.29, 1.82) is 0 Å². The molecule has 0 aromatic rings. The molecule has 0 aliphatic carbocycles. The van der Waals surface area contributed by atoms with Gasteiger partial charge in [0.2, 0.25) is 10.0 Å². The van der Waals surface area contributed by atoms with Gasteiger partial charge in [-0.25, -0.2) is 8.42 Å². The molecule has 0 aliphatic rings. The van der Waals surface area contributed by atoms with E-state index in [1.54, 1.807) is 20.8 Å². The number of carboxylic acids is 1. The number of hydrogen-bond donors (Lipinski definition) is 1. The van der Waals surface area contributed by atoms with Gasteiger partial charge in [0.15, 0.2) is 5.25 Å². The highest BCUT2D eigenvalue weighted by Gasteiger charge is 2.38. The third kappa shape index (κ3) is 3.31. The van der Waals surface area contributed by atoms with Crippen LogP contribution >= 0.6 is 0 Å². The van der Waals surface area contributed by atoms with E-state index in [2.05, 4.69) is 6.58 Å². The molecule has 0 bridgehead atoms. The van der Waals surface area contributed by atoms with Crippen molar-refractivity contribution < 1.29 is 18.3 Å². The summed E-state index contributed by atoms with van der Waals surface area (Å²) in [6.45, 7) is 9.88. The molecule has 1 N–H and O–H groups in total. The van der Waals surface area contributed by atoms with Gasteiger partial charge in [0.25, 0.3) is 0 Å². The van der Waals surface area contributed by atoms with Crippen molar-refractivity contribution in [3.8, 4) is 0 Å². The van der Waals surface area contributed by atoms with Gasteiger partial charge in [-0.05, 0) is 27.7 Å². The zero-order valence-corrected chi connectivity index (χ0v) is 10.9. The maximum absolute atomic E-state index is 12.0. The molecule has 0 aliphatic heterocycles. The first-order chi connectivity index (χ1) is 7.05. The predicted octanol–water partition coefficient (Wildman–Crippen LogP) is 1.08. The van der Waals surface area contributed by atoms with Crippen LogP contribution in [-0.2, 0) is 14.8 Å². The number of sulfonamides is 1. The summed E-state index contributed by atoms with van der Waals surface area (Å²) in [5.41, 5.74) is -0.670. The maximum Gasteiger partial charge on any atom is 0.323 e. The summed E-state index contributed by atoms with van der Waals surface area (Å²) < 4.78 is 25.2. The molecule has 0 spiro atoms.